The standard InChI is InChI=1S/C42H32Br6O/c43-39(44,45)29-31-17-13-15-27-37(31)41(33-19-5-1-6-20-33,34-21-7-2-8-22-34)49-42(35-23-9-3-10-24-35,36-25-11-4-12-26-36)38-28-16-14-18-32(38)30-40(46,47)48/h1-28H,29-30H2. The molecule has 0 heterocycles. The van der Waals surface area contributed by atoms with Crippen molar-refractivity contribution in [3.05, 3.63) is 214 Å². The van der Waals surface area contributed by atoms with E-state index in [2.05, 4.69) is 265 Å². The topological polar surface area (TPSA) is 9.23 Å². The molecule has 0 amide bonds. The second-order valence-electron chi connectivity index (χ2n) is 11.8. The normalized spacial score (nSPS) is 12.5. The van der Waals surface area contributed by atoms with Crippen molar-refractivity contribution in [3.8, 4) is 0 Å². The number of hydrogen-bond donors (Lipinski definition) is 0. The van der Waals surface area contributed by atoms with Gasteiger partial charge in [-0.1, -0.05) is 265 Å². The van der Waals surface area contributed by atoms with Crippen LogP contribution in [0.5, 0.6) is 0 Å². The summed E-state index contributed by atoms with van der Waals surface area (Å²) in [6.07, 6.45) is 1.26. The Balaban J connectivity index is 1.81. The summed E-state index contributed by atoms with van der Waals surface area (Å²) >= 11 is 22.9. The molecule has 0 spiro atoms. The fourth-order valence-electron chi connectivity index (χ4n) is 6.69. The number of halogens is 6. The quantitative estimate of drug-likeness (QED) is 0.0981. The molecule has 6 aromatic rings. The van der Waals surface area contributed by atoms with Gasteiger partial charge in [0.1, 0.15) is 15.5 Å². The van der Waals surface area contributed by atoms with Crippen molar-refractivity contribution in [3.63, 3.8) is 0 Å². The first-order valence-corrected chi connectivity index (χ1v) is 20.5. The molecule has 0 fully saturated rings. The summed E-state index contributed by atoms with van der Waals surface area (Å²) in [5.41, 5.74) is 6.19. The van der Waals surface area contributed by atoms with Crippen LogP contribution in [0.4, 0.5) is 0 Å². The molecule has 0 saturated carbocycles. The molecular weight excluding hydrogens is 1000 g/mol. The van der Waals surface area contributed by atoms with E-state index in [4.69, 9.17) is 4.74 Å². The third-order valence-electron chi connectivity index (χ3n) is 8.60. The van der Waals surface area contributed by atoms with Crippen LogP contribution in [-0.2, 0) is 28.8 Å². The van der Waals surface area contributed by atoms with Gasteiger partial charge >= 0.3 is 0 Å². The van der Waals surface area contributed by atoms with E-state index in [1.807, 2.05) is 0 Å². The van der Waals surface area contributed by atoms with E-state index in [0.717, 1.165) is 44.5 Å². The van der Waals surface area contributed by atoms with E-state index in [9.17, 15) is 0 Å². The predicted octanol–water partition coefficient (Wildman–Crippen LogP) is 13.7. The summed E-state index contributed by atoms with van der Waals surface area (Å²) in [6.45, 7) is 0. The molecule has 1 nitrogen and oxygen atoms in total. The molecule has 0 N–H and O–H groups in total. The summed E-state index contributed by atoms with van der Waals surface area (Å²) in [4.78, 5) is 0. The van der Waals surface area contributed by atoms with E-state index in [-0.39, 0.29) is 0 Å². The van der Waals surface area contributed by atoms with Gasteiger partial charge < -0.3 is 4.74 Å². The molecule has 0 atom stereocenters. The van der Waals surface area contributed by atoms with Gasteiger partial charge in [0.25, 0.3) is 0 Å². The SMILES string of the molecule is BrC(Br)(Br)Cc1ccccc1C(OC(c1ccccc1)(c1ccccc1)c1ccccc1CC(Br)(Br)Br)(c1ccccc1)c1ccccc1. The molecule has 0 unspecified atom stereocenters. The predicted molar refractivity (Wildman–Crippen MR) is 226 cm³/mol. The number of benzene rings is 6. The van der Waals surface area contributed by atoms with E-state index in [1.54, 1.807) is 0 Å². The fraction of sp³-hybridized carbons (Fsp3) is 0.143. The van der Waals surface area contributed by atoms with Gasteiger partial charge in [-0.2, -0.15) is 0 Å². The molecule has 0 saturated heterocycles. The Labute approximate surface area is 339 Å². The van der Waals surface area contributed by atoms with Crippen molar-refractivity contribution >= 4 is 95.6 Å². The van der Waals surface area contributed by atoms with Crippen LogP contribution < -0.4 is 0 Å². The van der Waals surface area contributed by atoms with E-state index in [1.165, 1.54) is 0 Å². The summed E-state index contributed by atoms with van der Waals surface area (Å²) in [5, 5.41) is 0. The smallest absolute Gasteiger partial charge is 0.146 e. The zero-order chi connectivity index (χ0) is 34.5. The van der Waals surface area contributed by atoms with Crippen LogP contribution in [0.25, 0.3) is 0 Å². The van der Waals surface area contributed by atoms with Crippen LogP contribution in [-0.4, -0.2) is 4.29 Å². The molecule has 0 aliphatic heterocycles. The van der Waals surface area contributed by atoms with Gasteiger partial charge in [0, 0.05) is 12.8 Å². The first kappa shape index (κ1) is 36.9. The maximum Gasteiger partial charge on any atom is 0.146 e. The highest BCUT2D eigenvalue weighted by atomic mass is 80.0. The average Bonchev–Trinajstić information content (AvgIpc) is 3.10. The van der Waals surface area contributed by atoms with Crippen LogP contribution in [0.15, 0.2) is 170 Å². The van der Waals surface area contributed by atoms with Crippen LogP contribution >= 0.6 is 95.6 Å². The second kappa shape index (κ2) is 15.8. The highest BCUT2D eigenvalue weighted by Gasteiger charge is 2.50. The maximum absolute atomic E-state index is 8.36. The molecule has 0 radical (unpaired) electrons. The maximum atomic E-state index is 8.36. The number of hydrogen-bond acceptors (Lipinski definition) is 1. The number of ether oxygens (including phenoxy) is 1. The minimum atomic E-state index is -1.09. The van der Waals surface area contributed by atoms with E-state index >= 15 is 0 Å². The average molecular weight is 1030 g/mol. The lowest BCUT2D eigenvalue weighted by atomic mass is 9.73. The fourth-order valence-corrected chi connectivity index (χ4v) is 8.50. The van der Waals surface area contributed by atoms with Gasteiger partial charge in [0.2, 0.25) is 0 Å². The molecular formula is C42H32Br6O. The minimum Gasteiger partial charge on any atom is -0.340 e. The van der Waals surface area contributed by atoms with Gasteiger partial charge in [-0.25, -0.2) is 0 Å². The monoisotopic (exact) mass is 1030 g/mol. The number of alkyl halides is 6. The Morgan fingerprint density at radius 2 is 0.571 bits per heavy atom. The molecule has 6 aromatic carbocycles. The Kier molecular flexibility index (Phi) is 11.9. The van der Waals surface area contributed by atoms with Gasteiger partial charge in [-0.15, -0.1) is 0 Å². The lowest BCUT2D eigenvalue weighted by molar-refractivity contribution is -0.0817. The molecule has 0 aliphatic carbocycles. The Bertz CT molecular complexity index is 1730. The third-order valence-corrected chi connectivity index (χ3v) is 10.3. The summed E-state index contributed by atoms with van der Waals surface area (Å²) in [7, 11) is 0. The highest BCUT2D eigenvalue weighted by Crippen LogP contribution is 2.54. The van der Waals surface area contributed by atoms with Crippen molar-refractivity contribution in [2.24, 2.45) is 0 Å². The van der Waals surface area contributed by atoms with Gasteiger partial charge in [0.15, 0.2) is 0 Å². The Morgan fingerprint density at radius 3 is 0.837 bits per heavy atom. The molecule has 6 rings (SSSR count). The van der Waals surface area contributed by atoms with Crippen molar-refractivity contribution in [1.82, 2.24) is 0 Å². The van der Waals surface area contributed by atoms with E-state index in [0.29, 0.717) is 12.8 Å². The zero-order valence-corrected chi connectivity index (χ0v) is 35.8. The third kappa shape index (κ3) is 8.30. The van der Waals surface area contributed by atoms with Crippen molar-refractivity contribution in [2.45, 2.75) is 28.3 Å². The lowest BCUT2D eigenvalue weighted by Gasteiger charge is -2.47. The largest absolute Gasteiger partial charge is 0.340 e. The molecule has 7 heteroatoms. The second-order valence-corrected chi connectivity index (χ2v) is 26.3. The first-order valence-electron chi connectivity index (χ1n) is 15.8. The molecule has 0 bridgehead atoms. The summed E-state index contributed by atoms with van der Waals surface area (Å²) in [5.74, 6) is 0. The van der Waals surface area contributed by atoms with Crippen molar-refractivity contribution < 1.29 is 4.74 Å². The van der Waals surface area contributed by atoms with Crippen LogP contribution in [0.1, 0.15) is 44.5 Å². The first-order chi connectivity index (χ1) is 23.5. The zero-order valence-electron chi connectivity index (χ0n) is 26.3. The lowest BCUT2D eigenvalue weighted by Crippen LogP contribution is -2.45. The molecule has 0 aromatic heterocycles. The summed E-state index contributed by atoms with van der Waals surface area (Å²) in [6, 6.07) is 59.7. The van der Waals surface area contributed by atoms with Crippen molar-refractivity contribution in [2.75, 3.05) is 0 Å². The Hall–Kier alpha value is -1.84. The molecule has 49 heavy (non-hydrogen) atoms. The molecule has 248 valence electrons. The minimum absolute atomic E-state index is 0.518. The van der Waals surface area contributed by atoms with Gasteiger partial charge in [-0.05, 0) is 44.5 Å². The van der Waals surface area contributed by atoms with E-state index < -0.39 is 15.5 Å². The molecule has 0 aliphatic rings. The van der Waals surface area contributed by atoms with Crippen LogP contribution in [0.3, 0.4) is 0 Å². The highest BCUT2D eigenvalue weighted by molar-refractivity contribution is 9.39. The van der Waals surface area contributed by atoms with Gasteiger partial charge in [0.05, 0.1) is 0 Å². The van der Waals surface area contributed by atoms with Crippen LogP contribution in [0.2, 0.25) is 0 Å². The summed E-state index contributed by atoms with van der Waals surface area (Å²) < 4.78 is 7.32. The number of rotatable bonds is 10. The van der Waals surface area contributed by atoms with Gasteiger partial charge in [-0.3, -0.25) is 0 Å². The Morgan fingerprint density at radius 1 is 0.327 bits per heavy atom. The van der Waals surface area contributed by atoms with Crippen molar-refractivity contribution in [1.29, 1.82) is 0 Å². The van der Waals surface area contributed by atoms with Crippen LogP contribution in [0, 0.1) is 0 Å².